The smallest absolute Gasteiger partial charge is 0.310 e. The largest absolute Gasteiger partial charge is 0.460 e. The number of carbonyl (C=O) groups excluding carboxylic acids is 2. The highest BCUT2D eigenvalue weighted by Crippen LogP contribution is 2.30. The molecule has 3 nitrogen and oxygen atoms in total. The Bertz CT molecular complexity index is 372. The molecule has 0 atom stereocenters. The molecule has 0 spiro atoms. The highest BCUT2D eigenvalue weighted by Gasteiger charge is 2.25. The summed E-state index contributed by atoms with van der Waals surface area (Å²) in [6.45, 7) is 7.73. The Kier molecular flexibility index (Phi) is 5.77. The number of allylic oxidation sites excluding steroid dienone is 1. The van der Waals surface area contributed by atoms with Gasteiger partial charge in [-0.2, -0.15) is 0 Å². The second-order valence-corrected chi connectivity index (χ2v) is 6.23. The van der Waals surface area contributed by atoms with E-state index in [-0.39, 0.29) is 18.2 Å². The van der Waals surface area contributed by atoms with Crippen LogP contribution in [0.4, 0.5) is 0 Å². The number of Topliss-reactive ketones (excluding diaryl/α,β-unsaturated/α-hetero) is 1. The summed E-state index contributed by atoms with van der Waals surface area (Å²) in [5.41, 5.74) is 1.46. The van der Waals surface area contributed by atoms with Crippen molar-refractivity contribution in [3.63, 3.8) is 0 Å². The lowest BCUT2D eigenvalue weighted by molar-refractivity contribution is -0.153. The zero-order chi connectivity index (χ0) is 14.5. The van der Waals surface area contributed by atoms with Gasteiger partial charge in [-0.05, 0) is 45.6 Å². The van der Waals surface area contributed by atoms with E-state index < -0.39 is 5.60 Å². The fraction of sp³-hybridized carbons (Fsp3) is 0.750. The monoisotopic (exact) mass is 266 g/mol. The lowest BCUT2D eigenvalue weighted by Gasteiger charge is -2.19. The minimum atomic E-state index is -0.456. The molecule has 1 aliphatic rings. The van der Waals surface area contributed by atoms with Gasteiger partial charge in [-0.3, -0.25) is 9.59 Å². The molecule has 0 bridgehead atoms. The van der Waals surface area contributed by atoms with Crippen LogP contribution in [0.15, 0.2) is 11.1 Å². The van der Waals surface area contributed by atoms with Crippen LogP contribution in [0.3, 0.4) is 0 Å². The van der Waals surface area contributed by atoms with Gasteiger partial charge in [0.05, 0.1) is 6.42 Å². The van der Waals surface area contributed by atoms with Gasteiger partial charge in [-0.15, -0.1) is 0 Å². The fourth-order valence-electron chi connectivity index (χ4n) is 2.38. The first-order chi connectivity index (χ1) is 8.83. The summed E-state index contributed by atoms with van der Waals surface area (Å²) < 4.78 is 5.32. The topological polar surface area (TPSA) is 43.4 Å². The molecule has 1 rings (SSSR count). The summed E-state index contributed by atoms with van der Waals surface area (Å²) in [6, 6.07) is 0. The van der Waals surface area contributed by atoms with Crippen LogP contribution >= 0.6 is 0 Å². The molecule has 0 saturated heterocycles. The highest BCUT2D eigenvalue weighted by atomic mass is 16.6. The fourth-order valence-corrected chi connectivity index (χ4v) is 2.38. The molecule has 0 aliphatic heterocycles. The van der Waals surface area contributed by atoms with E-state index in [0.717, 1.165) is 43.3 Å². The normalized spacial score (nSPS) is 16.1. The van der Waals surface area contributed by atoms with Crippen molar-refractivity contribution in [1.29, 1.82) is 0 Å². The van der Waals surface area contributed by atoms with E-state index in [1.165, 1.54) is 0 Å². The number of carbonyl (C=O) groups is 2. The van der Waals surface area contributed by atoms with Gasteiger partial charge in [0.25, 0.3) is 0 Å². The number of hydrogen-bond acceptors (Lipinski definition) is 3. The van der Waals surface area contributed by atoms with Gasteiger partial charge < -0.3 is 4.74 Å². The maximum atomic E-state index is 11.8. The minimum absolute atomic E-state index is 0.217. The quantitative estimate of drug-likeness (QED) is 0.540. The van der Waals surface area contributed by atoms with Gasteiger partial charge >= 0.3 is 5.97 Å². The van der Waals surface area contributed by atoms with Crippen molar-refractivity contribution >= 4 is 11.8 Å². The first kappa shape index (κ1) is 15.9. The molecule has 1 aliphatic carbocycles. The average Bonchev–Trinajstić information content (AvgIpc) is 2.59. The molecule has 0 unspecified atom stereocenters. The van der Waals surface area contributed by atoms with E-state index in [1.807, 2.05) is 20.8 Å². The third-order valence-electron chi connectivity index (χ3n) is 3.23. The second-order valence-electron chi connectivity index (χ2n) is 6.23. The van der Waals surface area contributed by atoms with Crippen molar-refractivity contribution < 1.29 is 14.3 Å². The third-order valence-corrected chi connectivity index (χ3v) is 3.23. The maximum Gasteiger partial charge on any atom is 0.310 e. The summed E-state index contributed by atoms with van der Waals surface area (Å²) in [4.78, 5) is 23.7. The van der Waals surface area contributed by atoms with Crippen LogP contribution in [0.25, 0.3) is 0 Å². The Balaban J connectivity index is 2.62. The Hall–Kier alpha value is -1.12. The second kappa shape index (κ2) is 6.88. The van der Waals surface area contributed by atoms with Crippen LogP contribution < -0.4 is 0 Å². The molecule has 0 saturated carbocycles. The van der Waals surface area contributed by atoms with Gasteiger partial charge in [-0.1, -0.05) is 25.3 Å². The molecule has 108 valence electrons. The Morgan fingerprint density at radius 1 is 1.21 bits per heavy atom. The summed E-state index contributed by atoms with van der Waals surface area (Å²) in [7, 11) is 0. The molecule has 3 heteroatoms. The van der Waals surface area contributed by atoms with Gasteiger partial charge in [-0.25, -0.2) is 0 Å². The summed E-state index contributed by atoms with van der Waals surface area (Å²) >= 11 is 0. The Morgan fingerprint density at radius 3 is 2.47 bits per heavy atom. The van der Waals surface area contributed by atoms with Gasteiger partial charge in [0.2, 0.25) is 0 Å². The summed E-state index contributed by atoms with van der Waals surface area (Å²) in [5, 5.41) is 0. The number of rotatable bonds is 6. The zero-order valence-corrected chi connectivity index (χ0v) is 12.7. The summed E-state index contributed by atoms with van der Waals surface area (Å²) in [5.74, 6) is 0.0138. The molecule has 0 aromatic rings. The van der Waals surface area contributed by atoms with Crippen molar-refractivity contribution in [3.8, 4) is 0 Å². The van der Waals surface area contributed by atoms with Crippen LogP contribution in [0.2, 0.25) is 0 Å². The highest BCUT2D eigenvalue weighted by molar-refractivity contribution is 5.99. The lowest BCUT2D eigenvalue weighted by atomic mass is 10.0. The zero-order valence-electron chi connectivity index (χ0n) is 12.7. The predicted octanol–water partition coefficient (Wildman–Crippen LogP) is 3.96. The maximum absolute atomic E-state index is 11.8. The van der Waals surface area contributed by atoms with Crippen LogP contribution in [-0.4, -0.2) is 17.4 Å². The molecular weight excluding hydrogens is 240 g/mol. The molecule has 0 aromatic heterocycles. The predicted molar refractivity (Wildman–Crippen MR) is 75.9 cm³/mol. The van der Waals surface area contributed by atoms with E-state index in [9.17, 15) is 9.59 Å². The standard InChI is InChI=1S/C16H26O3/c1-5-6-7-8-13-12(9-10-14(13)17)11-15(18)19-16(2,3)4/h5-11H2,1-4H3. The number of esters is 1. The molecule has 0 amide bonds. The molecule has 0 N–H and O–H groups in total. The van der Waals surface area contributed by atoms with Gasteiger partial charge in [0.1, 0.15) is 5.60 Å². The van der Waals surface area contributed by atoms with E-state index >= 15 is 0 Å². The minimum Gasteiger partial charge on any atom is -0.460 e. The first-order valence-corrected chi connectivity index (χ1v) is 7.29. The van der Waals surface area contributed by atoms with Gasteiger partial charge in [0.15, 0.2) is 5.78 Å². The molecule has 0 radical (unpaired) electrons. The van der Waals surface area contributed by atoms with E-state index in [1.54, 1.807) is 0 Å². The van der Waals surface area contributed by atoms with Crippen molar-refractivity contribution in [2.24, 2.45) is 0 Å². The molecule has 19 heavy (non-hydrogen) atoms. The first-order valence-electron chi connectivity index (χ1n) is 7.29. The number of ketones is 1. The summed E-state index contributed by atoms with van der Waals surface area (Å²) in [6.07, 6.45) is 5.73. The molecule has 0 aromatic carbocycles. The molecule has 0 heterocycles. The van der Waals surface area contributed by atoms with Crippen LogP contribution in [0.5, 0.6) is 0 Å². The van der Waals surface area contributed by atoms with Gasteiger partial charge in [0, 0.05) is 6.42 Å². The van der Waals surface area contributed by atoms with E-state index in [0.29, 0.717) is 6.42 Å². The van der Waals surface area contributed by atoms with Crippen molar-refractivity contribution in [3.05, 3.63) is 11.1 Å². The Labute approximate surface area is 116 Å². The number of hydrogen-bond donors (Lipinski definition) is 0. The van der Waals surface area contributed by atoms with Crippen molar-refractivity contribution in [1.82, 2.24) is 0 Å². The lowest BCUT2D eigenvalue weighted by Crippen LogP contribution is -2.24. The number of ether oxygens (including phenoxy) is 1. The Morgan fingerprint density at radius 2 is 1.89 bits per heavy atom. The average molecular weight is 266 g/mol. The third kappa shape index (κ3) is 5.58. The van der Waals surface area contributed by atoms with Crippen LogP contribution in [-0.2, 0) is 14.3 Å². The van der Waals surface area contributed by atoms with E-state index in [2.05, 4.69) is 6.92 Å². The SMILES string of the molecule is CCCCCC1=C(CC(=O)OC(C)(C)C)CCC1=O. The number of unbranched alkanes of at least 4 members (excludes halogenated alkanes) is 2. The molecular formula is C16H26O3. The van der Waals surface area contributed by atoms with Crippen molar-refractivity contribution in [2.75, 3.05) is 0 Å². The molecule has 0 fully saturated rings. The van der Waals surface area contributed by atoms with Crippen molar-refractivity contribution in [2.45, 2.75) is 78.2 Å². The van der Waals surface area contributed by atoms with E-state index in [4.69, 9.17) is 4.74 Å². The van der Waals surface area contributed by atoms with Crippen LogP contribution in [0.1, 0.15) is 72.6 Å². The van der Waals surface area contributed by atoms with Crippen LogP contribution in [0, 0.1) is 0 Å².